The highest BCUT2D eigenvalue weighted by atomic mass is 32.1. The minimum atomic E-state index is -0.474. The van der Waals surface area contributed by atoms with Crippen LogP contribution in [-0.4, -0.2) is 24.7 Å². The van der Waals surface area contributed by atoms with Gasteiger partial charge in [-0.15, -0.1) is 0 Å². The summed E-state index contributed by atoms with van der Waals surface area (Å²) in [6.07, 6.45) is 0.251. The van der Waals surface area contributed by atoms with Gasteiger partial charge in [-0.25, -0.2) is 4.98 Å². The number of aromatic amines is 2. The Bertz CT molecular complexity index is 1560. The fourth-order valence-corrected chi connectivity index (χ4v) is 4.49. The topological polar surface area (TPSA) is 127 Å². The number of aromatic nitrogens is 4. The third kappa shape index (κ3) is 3.13. The third-order valence-corrected chi connectivity index (χ3v) is 6.18. The van der Waals surface area contributed by atoms with E-state index in [-0.39, 0.29) is 22.9 Å². The fraction of sp³-hybridized carbons (Fsp3) is 0.0952. The van der Waals surface area contributed by atoms with Crippen LogP contribution in [0.5, 0.6) is 0 Å². The number of rotatable bonds is 4. The molecule has 0 saturated heterocycles. The second-order valence-electron chi connectivity index (χ2n) is 7.12. The minimum absolute atomic E-state index is 0.0193. The first kappa shape index (κ1) is 18.9. The van der Waals surface area contributed by atoms with E-state index in [2.05, 4.69) is 15.1 Å². The maximum atomic E-state index is 13.2. The molecule has 0 bridgehead atoms. The summed E-state index contributed by atoms with van der Waals surface area (Å²) < 4.78 is 2.21. The van der Waals surface area contributed by atoms with Gasteiger partial charge in [-0.2, -0.15) is 4.68 Å². The number of non-ortho nitro benzene ring substituents is 1. The zero-order valence-corrected chi connectivity index (χ0v) is 17.0. The van der Waals surface area contributed by atoms with E-state index in [1.54, 1.807) is 19.1 Å². The van der Waals surface area contributed by atoms with Crippen LogP contribution in [0.4, 0.5) is 5.69 Å². The van der Waals surface area contributed by atoms with Crippen molar-refractivity contribution in [2.45, 2.75) is 13.3 Å². The van der Waals surface area contributed by atoms with E-state index in [0.29, 0.717) is 22.0 Å². The SMILES string of the molecule is Cc1[nH]c2[nH]n(-c3nc4ccccc4s3)c(=O)c2c(=O)c1Cc1ccc([N+](=O)[O-])cc1. The van der Waals surface area contributed by atoms with Gasteiger partial charge in [-0.3, -0.25) is 24.8 Å². The van der Waals surface area contributed by atoms with Crippen molar-refractivity contribution in [3.05, 3.63) is 96.0 Å². The third-order valence-electron chi connectivity index (χ3n) is 5.16. The summed E-state index contributed by atoms with van der Waals surface area (Å²) in [5, 5.41) is 14.3. The summed E-state index contributed by atoms with van der Waals surface area (Å²) in [6, 6.07) is 13.6. The van der Waals surface area contributed by atoms with Gasteiger partial charge in [-0.1, -0.05) is 35.6 Å². The molecule has 2 N–H and O–H groups in total. The monoisotopic (exact) mass is 433 g/mol. The van der Waals surface area contributed by atoms with Crippen molar-refractivity contribution in [3.63, 3.8) is 0 Å². The van der Waals surface area contributed by atoms with Crippen LogP contribution in [0.3, 0.4) is 0 Å². The quantitative estimate of drug-likeness (QED) is 0.332. The second-order valence-corrected chi connectivity index (χ2v) is 8.13. The molecule has 5 aromatic rings. The number of benzene rings is 2. The molecular weight excluding hydrogens is 418 g/mol. The van der Waals surface area contributed by atoms with Crippen LogP contribution in [0.2, 0.25) is 0 Å². The first-order chi connectivity index (χ1) is 14.9. The van der Waals surface area contributed by atoms with Crippen molar-refractivity contribution in [2.75, 3.05) is 0 Å². The summed E-state index contributed by atoms with van der Waals surface area (Å²) in [6.45, 7) is 1.76. The van der Waals surface area contributed by atoms with Crippen LogP contribution < -0.4 is 11.0 Å². The number of hydrogen-bond donors (Lipinski definition) is 2. The van der Waals surface area contributed by atoms with Gasteiger partial charge in [0.05, 0.1) is 15.1 Å². The molecule has 5 rings (SSSR count). The Labute approximate surface area is 177 Å². The lowest BCUT2D eigenvalue weighted by Gasteiger charge is -2.05. The largest absolute Gasteiger partial charge is 0.343 e. The van der Waals surface area contributed by atoms with Gasteiger partial charge in [0.15, 0.2) is 5.43 Å². The first-order valence-corrected chi connectivity index (χ1v) is 10.2. The van der Waals surface area contributed by atoms with Gasteiger partial charge in [0.1, 0.15) is 11.0 Å². The Hall–Kier alpha value is -4.05. The summed E-state index contributed by atoms with van der Waals surface area (Å²) >= 11 is 1.35. The number of pyridine rings is 1. The summed E-state index contributed by atoms with van der Waals surface area (Å²) in [5.74, 6) is 0. The Kier molecular flexibility index (Phi) is 4.29. The van der Waals surface area contributed by atoms with E-state index >= 15 is 0 Å². The number of aryl methyl sites for hydroxylation is 1. The van der Waals surface area contributed by atoms with E-state index in [4.69, 9.17) is 0 Å². The van der Waals surface area contributed by atoms with E-state index < -0.39 is 10.5 Å². The number of nitro benzene ring substituents is 1. The molecule has 0 atom stereocenters. The normalized spacial score (nSPS) is 11.4. The van der Waals surface area contributed by atoms with Crippen LogP contribution in [0.15, 0.2) is 58.1 Å². The summed E-state index contributed by atoms with van der Waals surface area (Å²) in [7, 11) is 0. The van der Waals surface area contributed by atoms with E-state index in [9.17, 15) is 19.7 Å². The number of thiazole rings is 1. The van der Waals surface area contributed by atoms with Crippen molar-refractivity contribution in [2.24, 2.45) is 0 Å². The van der Waals surface area contributed by atoms with Crippen molar-refractivity contribution < 1.29 is 4.92 Å². The Morgan fingerprint density at radius 3 is 2.58 bits per heavy atom. The van der Waals surface area contributed by atoms with Crippen LogP contribution in [0.1, 0.15) is 16.8 Å². The molecule has 3 heterocycles. The van der Waals surface area contributed by atoms with E-state index in [1.165, 1.54) is 28.2 Å². The molecule has 2 aromatic carbocycles. The average Bonchev–Trinajstić information content (AvgIpc) is 3.32. The number of nitrogens with one attached hydrogen (secondary N) is 2. The maximum absolute atomic E-state index is 13.2. The van der Waals surface area contributed by atoms with Crippen molar-refractivity contribution >= 4 is 38.3 Å². The van der Waals surface area contributed by atoms with Gasteiger partial charge < -0.3 is 4.98 Å². The Balaban J connectivity index is 1.61. The molecular formula is C21H15N5O4S. The highest BCUT2D eigenvalue weighted by Gasteiger charge is 2.19. The molecule has 0 aliphatic rings. The molecule has 0 saturated carbocycles. The number of nitro groups is 1. The molecule has 0 spiro atoms. The molecule has 0 unspecified atom stereocenters. The lowest BCUT2D eigenvalue weighted by Crippen LogP contribution is -2.21. The molecule has 0 amide bonds. The molecule has 0 aliphatic carbocycles. The number of hydrogen-bond acceptors (Lipinski definition) is 6. The molecule has 10 heteroatoms. The smallest absolute Gasteiger partial charge is 0.286 e. The average molecular weight is 433 g/mol. The van der Waals surface area contributed by atoms with Crippen molar-refractivity contribution in [3.8, 4) is 5.13 Å². The predicted molar refractivity (Wildman–Crippen MR) is 118 cm³/mol. The first-order valence-electron chi connectivity index (χ1n) is 9.38. The fourth-order valence-electron chi connectivity index (χ4n) is 3.57. The summed E-state index contributed by atoms with van der Waals surface area (Å²) in [5.41, 5.74) is 2.04. The zero-order valence-electron chi connectivity index (χ0n) is 16.2. The zero-order chi connectivity index (χ0) is 21.7. The molecule has 0 aliphatic heterocycles. The van der Waals surface area contributed by atoms with Crippen LogP contribution in [-0.2, 0) is 6.42 Å². The lowest BCUT2D eigenvalue weighted by molar-refractivity contribution is -0.384. The van der Waals surface area contributed by atoms with E-state index in [1.807, 2.05) is 24.3 Å². The predicted octanol–water partition coefficient (Wildman–Crippen LogP) is 3.42. The molecule has 3 aromatic heterocycles. The molecule has 154 valence electrons. The number of nitrogens with zero attached hydrogens (tertiary/aromatic N) is 3. The van der Waals surface area contributed by atoms with Crippen LogP contribution in [0.25, 0.3) is 26.4 Å². The van der Waals surface area contributed by atoms with Gasteiger partial charge in [-0.05, 0) is 24.6 Å². The number of fused-ring (bicyclic) bond motifs is 2. The maximum Gasteiger partial charge on any atom is 0.286 e. The molecule has 9 nitrogen and oxygen atoms in total. The summed E-state index contributed by atoms with van der Waals surface area (Å²) in [4.78, 5) is 44.2. The number of para-hydroxylation sites is 1. The Morgan fingerprint density at radius 1 is 1.13 bits per heavy atom. The Morgan fingerprint density at radius 2 is 1.87 bits per heavy atom. The van der Waals surface area contributed by atoms with Gasteiger partial charge >= 0.3 is 0 Å². The van der Waals surface area contributed by atoms with Crippen LogP contribution in [0, 0.1) is 17.0 Å². The number of H-pyrrole nitrogens is 2. The molecule has 0 radical (unpaired) electrons. The highest BCUT2D eigenvalue weighted by molar-refractivity contribution is 7.20. The van der Waals surface area contributed by atoms with Gasteiger partial charge in [0.2, 0.25) is 5.13 Å². The molecule has 31 heavy (non-hydrogen) atoms. The van der Waals surface area contributed by atoms with Gasteiger partial charge in [0, 0.05) is 29.8 Å². The minimum Gasteiger partial charge on any atom is -0.343 e. The van der Waals surface area contributed by atoms with Crippen molar-refractivity contribution in [1.29, 1.82) is 0 Å². The van der Waals surface area contributed by atoms with E-state index in [0.717, 1.165) is 15.8 Å². The lowest BCUT2D eigenvalue weighted by atomic mass is 10.0. The van der Waals surface area contributed by atoms with Gasteiger partial charge in [0.25, 0.3) is 11.2 Å². The van der Waals surface area contributed by atoms with Crippen molar-refractivity contribution in [1.82, 2.24) is 19.7 Å². The van der Waals surface area contributed by atoms with Crippen LogP contribution >= 0.6 is 11.3 Å². The highest BCUT2D eigenvalue weighted by Crippen LogP contribution is 2.24. The second kappa shape index (κ2) is 7.03. The standard InChI is InChI=1S/C21H15N5O4S/c1-11-14(10-12-6-8-13(9-7-12)26(29)30)18(27)17-19(22-11)24-25(20(17)28)21-23-15-4-2-3-5-16(15)31-21/h2-9H,10H2,1H3,(H2,22,24,27). The molecule has 0 fully saturated rings.